The molecule has 216 valence electrons. The third-order valence-corrected chi connectivity index (χ3v) is 7.77. The minimum absolute atomic E-state index is 0.00864. The van der Waals surface area contributed by atoms with Gasteiger partial charge in [-0.2, -0.15) is 0 Å². The zero-order valence-electron chi connectivity index (χ0n) is 24.3. The van der Waals surface area contributed by atoms with Crippen molar-refractivity contribution in [3.63, 3.8) is 0 Å². The Balaban J connectivity index is 0.000000417. The summed E-state index contributed by atoms with van der Waals surface area (Å²) < 4.78 is 18.1. The molecule has 0 fully saturated rings. The van der Waals surface area contributed by atoms with Gasteiger partial charge in [-0.3, -0.25) is 14.6 Å². The number of furan rings is 1. The summed E-state index contributed by atoms with van der Waals surface area (Å²) in [6, 6.07) is 17.6. The summed E-state index contributed by atoms with van der Waals surface area (Å²) in [4.78, 5) is 33.6. The van der Waals surface area contributed by atoms with Crippen molar-refractivity contribution in [2.45, 2.75) is 40.2 Å². The highest BCUT2D eigenvalue weighted by atomic mass is 19.1. The van der Waals surface area contributed by atoms with Gasteiger partial charge in [-0.1, -0.05) is 42.8 Å². The van der Waals surface area contributed by atoms with Gasteiger partial charge in [0.05, 0.1) is 23.9 Å². The standard InChI is InChI=1S/C26H31N3O4.C7H7F/c1-16-13-29(17(2)15-30)26(32)22-9-20(25-11-19-7-5-6-8-24(19)33-25)12-27-23(22)10-21(16)14-28(4)18(3)31;1-6-2-4-7(8)5-3-6/h5-9,11-12,16-17,21,30H,10,13-15H2,1-4H3;2-5H,1H3. The lowest BCUT2D eigenvalue weighted by Crippen LogP contribution is -2.47. The van der Waals surface area contributed by atoms with Crippen molar-refractivity contribution >= 4 is 22.8 Å². The van der Waals surface area contributed by atoms with E-state index in [9.17, 15) is 19.1 Å². The number of amides is 2. The number of aliphatic hydroxyl groups excluding tert-OH is 1. The molecule has 4 aromatic rings. The topological polar surface area (TPSA) is 86.9 Å². The molecular weight excluding hydrogens is 521 g/mol. The molecule has 3 heterocycles. The van der Waals surface area contributed by atoms with Crippen molar-refractivity contribution in [1.29, 1.82) is 0 Å². The second-order valence-electron chi connectivity index (χ2n) is 11.0. The zero-order valence-corrected chi connectivity index (χ0v) is 24.3. The first kappa shape index (κ1) is 29.9. The van der Waals surface area contributed by atoms with Crippen LogP contribution in [0.15, 0.2) is 71.3 Å². The average molecular weight is 560 g/mol. The number of nitrogens with zero attached hydrogens (tertiary/aromatic N) is 3. The summed E-state index contributed by atoms with van der Waals surface area (Å²) in [6.07, 6.45) is 2.35. The van der Waals surface area contributed by atoms with Crippen LogP contribution in [0.3, 0.4) is 0 Å². The Morgan fingerprint density at radius 3 is 2.54 bits per heavy atom. The molecule has 0 aliphatic carbocycles. The van der Waals surface area contributed by atoms with Crippen LogP contribution in [0.5, 0.6) is 0 Å². The molecule has 2 amide bonds. The smallest absolute Gasteiger partial charge is 0.256 e. The molecule has 1 N–H and O–H groups in total. The lowest BCUT2D eigenvalue weighted by Gasteiger charge is -2.37. The molecular formula is C33H38FN3O4. The van der Waals surface area contributed by atoms with Gasteiger partial charge < -0.3 is 19.3 Å². The van der Waals surface area contributed by atoms with Crippen LogP contribution >= 0.6 is 0 Å². The van der Waals surface area contributed by atoms with E-state index < -0.39 is 0 Å². The van der Waals surface area contributed by atoms with Crippen molar-refractivity contribution in [3.8, 4) is 11.3 Å². The number of halogens is 1. The van der Waals surface area contributed by atoms with Crippen molar-refractivity contribution in [3.05, 3.63) is 89.5 Å². The van der Waals surface area contributed by atoms with Gasteiger partial charge in [0, 0.05) is 44.2 Å². The fraction of sp³-hybridized carbons (Fsp3) is 0.364. The Morgan fingerprint density at radius 1 is 1.20 bits per heavy atom. The predicted molar refractivity (Wildman–Crippen MR) is 158 cm³/mol. The van der Waals surface area contributed by atoms with Gasteiger partial charge in [0.2, 0.25) is 5.91 Å². The van der Waals surface area contributed by atoms with E-state index in [2.05, 4.69) is 6.92 Å². The quantitative estimate of drug-likeness (QED) is 0.337. The first-order valence-electron chi connectivity index (χ1n) is 13.9. The Labute approximate surface area is 240 Å². The number of aliphatic hydroxyl groups is 1. The van der Waals surface area contributed by atoms with Crippen LogP contribution < -0.4 is 0 Å². The van der Waals surface area contributed by atoms with Crippen LogP contribution in [-0.4, -0.2) is 64.5 Å². The molecule has 0 radical (unpaired) electrons. The van der Waals surface area contributed by atoms with Gasteiger partial charge in [0.25, 0.3) is 5.91 Å². The number of carbonyl (C=O) groups excluding carboxylic acids is 2. The van der Waals surface area contributed by atoms with Gasteiger partial charge in [0.1, 0.15) is 17.2 Å². The number of para-hydroxylation sites is 1. The van der Waals surface area contributed by atoms with Crippen molar-refractivity contribution in [2.24, 2.45) is 11.8 Å². The minimum atomic E-state index is -0.327. The molecule has 3 atom stereocenters. The van der Waals surface area contributed by atoms with E-state index in [0.717, 1.165) is 22.1 Å². The largest absolute Gasteiger partial charge is 0.456 e. The molecule has 2 aromatic heterocycles. The van der Waals surface area contributed by atoms with Crippen LogP contribution in [0, 0.1) is 24.6 Å². The molecule has 1 aliphatic rings. The maximum absolute atomic E-state index is 13.6. The van der Waals surface area contributed by atoms with Gasteiger partial charge in [-0.05, 0) is 62.4 Å². The van der Waals surface area contributed by atoms with Gasteiger partial charge >= 0.3 is 0 Å². The Bertz CT molecular complexity index is 1450. The van der Waals surface area contributed by atoms with Crippen LogP contribution in [-0.2, 0) is 11.2 Å². The van der Waals surface area contributed by atoms with E-state index in [4.69, 9.17) is 9.40 Å². The minimum Gasteiger partial charge on any atom is -0.456 e. The highest BCUT2D eigenvalue weighted by Gasteiger charge is 2.33. The first-order chi connectivity index (χ1) is 19.6. The van der Waals surface area contributed by atoms with Gasteiger partial charge in [-0.25, -0.2) is 4.39 Å². The number of carbonyl (C=O) groups is 2. The predicted octanol–water partition coefficient (Wildman–Crippen LogP) is 5.74. The SMILES string of the molecule is CC(=O)N(C)CC1Cc2ncc(-c3cc4ccccc4o3)cc2C(=O)N(C(C)CO)CC1C.Cc1ccc(F)cc1. The van der Waals surface area contributed by atoms with Crippen LogP contribution in [0.25, 0.3) is 22.3 Å². The number of pyridine rings is 1. The molecule has 2 aromatic carbocycles. The number of aryl methyl sites for hydroxylation is 1. The molecule has 7 nitrogen and oxygen atoms in total. The number of fused-ring (bicyclic) bond motifs is 2. The van der Waals surface area contributed by atoms with Gasteiger partial charge in [-0.15, -0.1) is 0 Å². The molecule has 3 unspecified atom stereocenters. The summed E-state index contributed by atoms with van der Waals surface area (Å²) in [7, 11) is 1.80. The Kier molecular flexibility index (Phi) is 9.55. The summed E-state index contributed by atoms with van der Waals surface area (Å²) >= 11 is 0. The fourth-order valence-corrected chi connectivity index (χ4v) is 4.98. The van der Waals surface area contributed by atoms with E-state index in [1.807, 2.05) is 50.2 Å². The lowest BCUT2D eigenvalue weighted by atomic mass is 9.85. The van der Waals surface area contributed by atoms with E-state index in [-0.39, 0.29) is 42.1 Å². The second-order valence-corrected chi connectivity index (χ2v) is 11.0. The zero-order chi connectivity index (χ0) is 29.7. The summed E-state index contributed by atoms with van der Waals surface area (Å²) in [5.74, 6) is 0.620. The molecule has 0 bridgehead atoms. The molecule has 8 heteroatoms. The third kappa shape index (κ3) is 7.19. The van der Waals surface area contributed by atoms with Crippen molar-refractivity contribution < 1.29 is 23.5 Å². The second kappa shape index (κ2) is 13.1. The number of hydrogen-bond donors (Lipinski definition) is 1. The Hall–Kier alpha value is -4.04. The highest BCUT2D eigenvalue weighted by Crippen LogP contribution is 2.32. The van der Waals surface area contributed by atoms with E-state index in [0.29, 0.717) is 36.5 Å². The molecule has 41 heavy (non-hydrogen) atoms. The summed E-state index contributed by atoms with van der Waals surface area (Å²) in [5.41, 5.74) is 3.84. The van der Waals surface area contributed by atoms with E-state index in [1.165, 1.54) is 12.1 Å². The maximum Gasteiger partial charge on any atom is 0.256 e. The van der Waals surface area contributed by atoms with Crippen LogP contribution in [0.1, 0.15) is 42.4 Å². The number of aromatic nitrogens is 1. The van der Waals surface area contributed by atoms with Crippen molar-refractivity contribution in [2.75, 3.05) is 26.7 Å². The molecule has 0 spiro atoms. The number of rotatable bonds is 5. The summed E-state index contributed by atoms with van der Waals surface area (Å²) in [6.45, 7) is 8.39. The number of hydrogen-bond acceptors (Lipinski definition) is 5. The third-order valence-electron chi connectivity index (χ3n) is 7.77. The first-order valence-corrected chi connectivity index (χ1v) is 13.9. The van der Waals surface area contributed by atoms with Crippen molar-refractivity contribution in [1.82, 2.24) is 14.8 Å². The fourth-order valence-electron chi connectivity index (χ4n) is 4.98. The van der Waals surface area contributed by atoms with Crippen LogP contribution in [0.4, 0.5) is 4.39 Å². The molecule has 1 aliphatic heterocycles. The lowest BCUT2D eigenvalue weighted by molar-refractivity contribution is -0.128. The monoisotopic (exact) mass is 559 g/mol. The normalized spacial score (nSPS) is 17.6. The highest BCUT2D eigenvalue weighted by molar-refractivity contribution is 5.97. The molecule has 0 saturated heterocycles. The molecule has 0 saturated carbocycles. The van der Waals surface area contributed by atoms with E-state index >= 15 is 0 Å². The van der Waals surface area contributed by atoms with Gasteiger partial charge in [0.15, 0.2) is 0 Å². The average Bonchev–Trinajstić information content (AvgIpc) is 3.40. The molecule has 5 rings (SSSR count). The summed E-state index contributed by atoms with van der Waals surface area (Å²) in [5, 5.41) is 10.8. The van der Waals surface area contributed by atoms with Crippen LogP contribution in [0.2, 0.25) is 0 Å². The number of benzene rings is 2. The maximum atomic E-state index is 13.6. The van der Waals surface area contributed by atoms with E-state index in [1.54, 1.807) is 42.1 Å². The Morgan fingerprint density at radius 2 is 1.90 bits per heavy atom.